The Bertz CT molecular complexity index is 422. The molecule has 86 valence electrons. The Balaban J connectivity index is 3.19. The number of hydrogen-bond acceptors (Lipinski definition) is 1. The molecule has 0 amide bonds. The minimum absolute atomic E-state index is 0.0407. The van der Waals surface area contributed by atoms with Crippen molar-refractivity contribution in [2.75, 3.05) is 0 Å². The molecule has 0 radical (unpaired) electrons. The van der Waals surface area contributed by atoms with Gasteiger partial charge in [-0.05, 0) is 38.2 Å². The summed E-state index contributed by atoms with van der Waals surface area (Å²) in [5.41, 5.74) is 2.96. The molecule has 1 nitrogen and oxygen atoms in total. The van der Waals surface area contributed by atoms with Crippen LogP contribution in [0.5, 0.6) is 0 Å². The van der Waals surface area contributed by atoms with Crippen LogP contribution in [0.15, 0.2) is 22.8 Å². The molecule has 0 spiro atoms. The summed E-state index contributed by atoms with van der Waals surface area (Å²) < 4.78 is 0. The number of Topliss-reactive ketones (excluding diaryl/α,β-unsaturated/α-hetero) is 1. The third kappa shape index (κ3) is 2.64. The predicted octanol–water partition coefficient (Wildman–Crippen LogP) is 3.66. The molecule has 0 heterocycles. The first-order chi connectivity index (χ1) is 7.38. The Kier molecular flexibility index (Phi) is 3.75. The molecular weight excluding hydrogens is 196 g/mol. The lowest BCUT2D eigenvalue weighted by atomic mass is 9.72. The lowest BCUT2D eigenvalue weighted by Crippen LogP contribution is -2.24. The normalized spacial score (nSPS) is 20.6. The molecule has 0 aromatic heterocycles. The molecule has 0 saturated heterocycles. The Labute approximate surface area is 98.6 Å². The lowest BCUT2D eigenvalue weighted by Gasteiger charge is -2.30. The van der Waals surface area contributed by atoms with Gasteiger partial charge < -0.3 is 0 Å². The molecule has 0 unspecified atom stereocenters. The van der Waals surface area contributed by atoms with Crippen LogP contribution in [0.2, 0.25) is 0 Å². The van der Waals surface area contributed by atoms with Crippen molar-refractivity contribution in [1.29, 1.82) is 0 Å². The van der Waals surface area contributed by atoms with Gasteiger partial charge in [0.2, 0.25) is 0 Å². The van der Waals surface area contributed by atoms with Crippen molar-refractivity contribution in [2.24, 2.45) is 5.41 Å². The van der Waals surface area contributed by atoms with Crippen LogP contribution in [0.25, 0.3) is 0 Å². The zero-order valence-electron chi connectivity index (χ0n) is 10.9. The highest BCUT2D eigenvalue weighted by molar-refractivity contribution is 5.97. The van der Waals surface area contributed by atoms with Crippen molar-refractivity contribution in [3.05, 3.63) is 22.8 Å². The van der Waals surface area contributed by atoms with Crippen LogP contribution in [-0.2, 0) is 4.79 Å². The molecule has 0 fully saturated rings. The van der Waals surface area contributed by atoms with E-state index in [9.17, 15) is 4.79 Å². The SMILES string of the molecule is CC=C(C)C#CC1=C(C)C(=O)CCC1(C)C. The monoisotopic (exact) mass is 216 g/mol. The zero-order chi connectivity index (χ0) is 12.3. The van der Waals surface area contributed by atoms with Gasteiger partial charge in [-0.15, -0.1) is 0 Å². The summed E-state index contributed by atoms with van der Waals surface area (Å²) in [5, 5.41) is 0. The van der Waals surface area contributed by atoms with Gasteiger partial charge in [-0.2, -0.15) is 0 Å². The van der Waals surface area contributed by atoms with Crippen molar-refractivity contribution in [2.45, 2.75) is 47.5 Å². The molecule has 0 aromatic carbocycles. The van der Waals surface area contributed by atoms with Crippen LogP contribution >= 0.6 is 0 Å². The summed E-state index contributed by atoms with van der Waals surface area (Å²) in [6, 6.07) is 0. The number of carbonyl (C=O) groups is 1. The average Bonchev–Trinajstić information content (AvgIpc) is 2.23. The van der Waals surface area contributed by atoms with Gasteiger partial charge in [-0.1, -0.05) is 31.8 Å². The van der Waals surface area contributed by atoms with E-state index in [0.29, 0.717) is 6.42 Å². The summed E-state index contributed by atoms with van der Waals surface area (Å²) in [6.07, 6.45) is 3.55. The first-order valence-corrected chi connectivity index (χ1v) is 5.78. The maximum Gasteiger partial charge on any atom is 0.159 e. The minimum atomic E-state index is 0.0407. The molecule has 1 heteroatoms. The summed E-state index contributed by atoms with van der Waals surface area (Å²) in [7, 11) is 0. The third-order valence-electron chi connectivity index (χ3n) is 3.26. The highest BCUT2D eigenvalue weighted by atomic mass is 16.1. The molecular formula is C15H20O. The van der Waals surface area contributed by atoms with E-state index in [2.05, 4.69) is 25.7 Å². The van der Waals surface area contributed by atoms with Gasteiger partial charge >= 0.3 is 0 Å². The van der Waals surface area contributed by atoms with Crippen LogP contribution in [0, 0.1) is 17.3 Å². The van der Waals surface area contributed by atoms with E-state index in [4.69, 9.17) is 0 Å². The second-order valence-corrected chi connectivity index (χ2v) is 5.03. The van der Waals surface area contributed by atoms with Gasteiger partial charge in [0.05, 0.1) is 0 Å². The van der Waals surface area contributed by atoms with Crippen LogP contribution in [0.4, 0.5) is 0 Å². The van der Waals surface area contributed by atoms with Gasteiger partial charge in [-0.25, -0.2) is 0 Å². The van der Waals surface area contributed by atoms with Crippen molar-refractivity contribution >= 4 is 5.78 Å². The van der Waals surface area contributed by atoms with Crippen molar-refractivity contribution in [1.82, 2.24) is 0 Å². The molecule has 1 rings (SSSR count). The van der Waals surface area contributed by atoms with Gasteiger partial charge in [0.15, 0.2) is 5.78 Å². The Hall–Kier alpha value is -1.29. The molecule has 0 N–H and O–H groups in total. The highest BCUT2D eigenvalue weighted by Gasteiger charge is 2.31. The maximum atomic E-state index is 11.7. The molecule has 16 heavy (non-hydrogen) atoms. The van der Waals surface area contributed by atoms with Gasteiger partial charge in [0, 0.05) is 17.6 Å². The second kappa shape index (κ2) is 4.70. The molecule has 0 aliphatic heterocycles. The second-order valence-electron chi connectivity index (χ2n) is 5.03. The van der Waals surface area contributed by atoms with E-state index in [1.807, 2.05) is 26.8 Å². The highest BCUT2D eigenvalue weighted by Crippen LogP contribution is 2.38. The summed E-state index contributed by atoms with van der Waals surface area (Å²) in [4.78, 5) is 11.7. The summed E-state index contributed by atoms with van der Waals surface area (Å²) >= 11 is 0. The van der Waals surface area contributed by atoms with Crippen LogP contribution < -0.4 is 0 Å². The fraction of sp³-hybridized carbons (Fsp3) is 0.533. The fourth-order valence-corrected chi connectivity index (χ4v) is 1.88. The molecule has 0 atom stereocenters. The number of ketones is 1. The molecule has 0 aromatic rings. The summed E-state index contributed by atoms with van der Waals surface area (Å²) in [6.45, 7) is 10.2. The van der Waals surface area contributed by atoms with E-state index < -0.39 is 0 Å². The number of carbonyl (C=O) groups excluding carboxylic acids is 1. The number of rotatable bonds is 0. The first kappa shape index (κ1) is 12.8. The molecule has 0 saturated carbocycles. The smallest absolute Gasteiger partial charge is 0.159 e. The van der Waals surface area contributed by atoms with E-state index in [0.717, 1.165) is 23.1 Å². The molecule has 0 bridgehead atoms. The first-order valence-electron chi connectivity index (χ1n) is 5.78. The third-order valence-corrected chi connectivity index (χ3v) is 3.26. The van der Waals surface area contributed by atoms with Gasteiger partial charge in [0.1, 0.15) is 0 Å². The Morgan fingerprint density at radius 2 is 2.06 bits per heavy atom. The minimum Gasteiger partial charge on any atom is -0.295 e. The standard InChI is InChI=1S/C15H20O/c1-6-11(2)7-8-13-12(3)14(16)9-10-15(13,4)5/h6H,9-10H2,1-5H3. The average molecular weight is 216 g/mol. The van der Waals surface area contributed by atoms with E-state index in [1.54, 1.807) is 0 Å². The maximum absolute atomic E-state index is 11.7. The largest absolute Gasteiger partial charge is 0.295 e. The van der Waals surface area contributed by atoms with E-state index in [1.165, 1.54) is 0 Å². The van der Waals surface area contributed by atoms with Gasteiger partial charge in [0.25, 0.3) is 0 Å². The molecule has 1 aliphatic rings. The predicted molar refractivity (Wildman–Crippen MR) is 67.9 cm³/mol. The number of hydrogen-bond donors (Lipinski definition) is 0. The lowest BCUT2D eigenvalue weighted by molar-refractivity contribution is -0.116. The Morgan fingerprint density at radius 1 is 1.44 bits per heavy atom. The van der Waals surface area contributed by atoms with Crippen molar-refractivity contribution < 1.29 is 4.79 Å². The Morgan fingerprint density at radius 3 is 2.62 bits per heavy atom. The van der Waals surface area contributed by atoms with E-state index >= 15 is 0 Å². The van der Waals surface area contributed by atoms with Crippen molar-refractivity contribution in [3.63, 3.8) is 0 Å². The van der Waals surface area contributed by atoms with Crippen LogP contribution in [0.3, 0.4) is 0 Å². The quantitative estimate of drug-likeness (QED) is 0.565. The zero-order valence-corrected chi connectivity index (χ0v) is 10.9. The summed E-state index contributed by atoms with van der Waals surface area (Å²) in [5.74, 6) is 6.54. The van der Waals surface area contributed by atoms with Gasteiger partial charge in [-0.3, -0.25) is 4.79 Å². The fourth-order valence-electron chi connectivity index (χ4n) is 1.88. The van der Waals surface area contributed by atoms with Crippen LogP contribution in [-0.4, -0.2) is 5.78 Å². The van der Waals surface area contributed by atoms with E-state index in [-0.39, 0.29) is 11.2 Å². The topological polar surface area (TPSA) is 17.1 Å². The van der Waals surface area contributed by atoms with Crippen molar-refractivity contribution in [3.8, 4) is 11.8 Å². The van der Waals surface area contributed by atoms with Crippen LogP contribution in [0.1, 0.15) is 47.5 Å². The molecule has 1 aliphatic carbocycles. The number of allylic oxidation sites excluding steroid dienone is 4.